The van der Waals surface area contributed by atoms with Gasteiger partial charge >= 0.3 is 0 Å². The van der Waals surface area contributed by atoms with Crippen LogP contribution in [0.15, 0.2) is 42.2 Å². The average Bonchev–Trinajstić information content (AvgIpc) is 3.40. The number of rotatable bonds is 5. The third-order valence-corrected chi connectivity index (χ3v) is 4.20. The Bertz CT molecular complexity index is 792. The molecule has 0 radical (unpaired) electrons. The molecule has 0 spiro atoms. The predicted octanol–water partition coefficient (Wildman–Crippen LogP) is 2.89. The molecule has 1 aliphatic carbocycles. The standard InChI is InChI=1S/C17H18ClFN4O/c18-17-6-11(5-15(22-17)10-1-2-10)14-4-3-12(19)7-16(14)23(21)13(8-20)9-24/h3-8,10,24H,1-2,9,20-21H2/b13-8-. The van der Waals surface area contributed by atoms with Crippen LogP contribution < -0.4 is 16.6 Å². The summed E-state index contributed by atoms with van der Waals surface area (Å²) in [6, 6.07) is 7.92. The first kappa shape index (κ1) is 16.7. The fourth-order valence-corrected chi connectivity index (χ4v) is 2.79. The Hall–Kier alpha value is -2.15. The molecule has 1 aromatic heterocycles. The van der Waals surface area contributed by atoms with Gasteiger partial charge in [0.05, 0.1) is 18.0 Å². The number of aliphatic hydroxyl groups excluding tert-OH is 1. The molecule has 1 heterocycles. The first-order chi connectivity index (χ1) is 11.5. The second-order valence-corrected chi connectivity index (χ2v) is 6.11. The summed E-state index contributed by atoms with van der Waals surface area (Å²) in [5.74, 6) is 6.01. The van der Waals surface area contributed by atoms with Crippen LogP contribution in [0.1, 0.15) is 24.5 Å². The second-order valence-electron chi connectivity index (χ2n) is 5.73. The van der Waals surface area contributed by atoms with Gasteiger partial charge in [-0.05, 0) is 48.7 Å². The van der Waals surface area contributed by atoms with Crippen LogP contribution in [0.2, 0.25) is 5.15 Å². The summed E-state index contributed by atoms with van der Waals surface area (Å²) < 4.78 is 13.8. The van der Waals surface area contributed by atoms with Crippen LogP contribution >= 0.6 is 11.6 Å². The van der Waals surface area contributed by atoms with Crippen LogP contribution in [-0.2, 0) is 0 Å². The molecule has 126 valence electrons. The Balaban J connectivity index is 2.11. The first-order valence-corrected chi connectivity index (χ1v) is 7.95. The van der Waals surface area contributed by atoms with Gasteiger partial charge in [-0.15, -0.1) is 0 Å². The molecule has 5 nitrogen and oxygen atoms in total. The van der Waals surface area contributed by atoms with Crippen molar-refractivity contribution < 1.29 is 9.50 Å². The molecule has 24 heavy (non-hydrogen) atoms. The molecule has 0 unspecified atom stereocenters. The lowest BCUT2D eigenvalue weighted by Gasteiger charge is -2.23. The third kappa shape index (κ3) is 3.36. The Morgan fingerprint density at radius 2 is 2.12 bits per heavy atom. The lowest BCUT2D eigenvalue weighted by molar-refractivity contribution is 0.327. The molecule has 5 N–H and O–H groups in total. The number of anilines is 1. The number of aromatic nitrogens is 1. The fourth-order valence-electron chi connectivity index (χ4n) is 2.57. The van der Waals surface area contributed by atoms with Crippen molar-refractivity contribution in [3.8, 4) is 11.1 Å². The van der Waals surface area contributed by atoms with E-state index >= 15 is 0 Å². The van der Waals surface area contributed by atoms with Crippen LogP contribution in [0.3, 0.4) is 0 Å². The van der Waals surface area contributed by atoms with Crippen molar-refractivity contribution in [3.63, 3.8) is 0 Å². The smallest absolute Gasteiger partial charge is 0.129 e. The Morgan fingerprint density at radius 3 is 2.75 bits per heavy atom. The average molecular weight is 349 g/mol. The van der Waals surface area contributed by atoms with Gasteiger partial charge in [-0.2, -0.15) is 0 Å². The molecule has 0 saturated heterocycles. The summed E-state index contributed by atoms with van der Waals surface area (Å²) in [5.41, 5.74) is 8.50. The summed E-state index contributed by atoms with van der Waals surface area (Å²) in [6.07, 6.45) is 3.37. The molecule has 0 amide bonds. The maximum absolute atomic E-state index is 13.8. The third-order valence-electron chi connectivity index (χ3n) is 4.00. The summed E-state index contributed by atoms with van der Waals surface area (Å²) in [7, 11) is 0. The molecule has 3 rings (SSSR count). The summed E-state index contributed by atoms with van der Waals surface area (Å²) >= 11 is 6.15. The molecule has 2 aromatic rings. The highest BCUT2D eigenvalue weighted by atomic mass is 35.5. The number of hydrazine groups is 1. The predicted molar refractivity (Wildman–Crippen MR) is 92.6 cm³/mol. The van der Waals surface area contributed by atoms with Crippen molar-refractivity contribution in [3.05, 3.63) is 58.9 Å². The van der Waals surface area contributed by atoms with E-state index in [-0.39, 0.29) is 12.3 Å². The van der Waals surface area contributed by atoms with E-state index < -0.39 is 5.82 Å². The van der Waals surface area contributed by atoms with Gasteiger partial charge < -0.3 is 10.8 Å². The van der Waals surface area contributed by atoms with Gasteiger partial charge in [0.25, 0.3) is 0 Å². The number of aliphatic hydroxyl groups is 1. The largest absolute Gasteiger partial charge is 0.403 e. The quantitative estimate of drug-likeness (QED) is 0.439. The van der Waals surface area contributed by atoms with E-state index in [1.54, 1.807) is 12.1 Å². The van der Waals surface area contributed by atoms with Crippen LogP contribution in [0, 0.1) is 5.82 Å². The normalized spacial score (nSPS) is 14.8. The summed E-state index contributed by atoms with van der Waals surface area (Å²) in [4.78, 5) is 4.36. The summed E-state index contributed by atoms with van der Waals surface area (Å²) in [6.45, 7) is -0.368. The number of pyridine rings is 1. The van der Waals surface area contributed by atoms with Crippen molar-refractivity contribution in [2.75, 3.05) is 11.6 Å². The lowest BCUT2D eigenvalue weighted by atomic mass is 10.0. The van der Waals surface area contributed by atoms with Gasteiger partial charge in [-0.3, -0.25) is 5.01 Å². The van der Waals surface area contributed by atoms with Gasteiger partial charge in [0, 0.05) is 23.4 Å². The van der Waals surface area contributed by atoms with E-state index in [0.717, 1.165) is 24.1 Å². The van der Waals surface area contributed by atoms with Crippen LogP contribution in [0.25, 0.3) is 11.1 Å². The van der Waals surface area contributed by atoms with Gasteiger partial charge in [0.15, 0.2) is 0 Å². The number of hydrogen-bond donors (Lipinski definition) is 3. The van der Waals surface area contributed by atoms with Gasteiger partial charge in [-0.1, -0.05) is 11.6 Å². The SMILES string of the molecule is N/C=C(/CO)N(N)c1cc(F)ccc1-c1cc(Cl)nc(C2CC2)c1. The van der Waals surface area contributed by atoms with Crippen molar-refractivity contribution in [1.82, 2.24) is 4.98 Å². The monoisotopic (exact) mass is 348 g/mol. The minimum absolute atomic E-state index is 0.254. The van der Waals surface area contributed by atoms with E-state index in [1.807, 2.05) is 6.07 Å². The first-order valence-electron chi connectivity index (χ1n) is 7.57. The molecule has 1 aromatic carbocycles. The maximum Gasteiger partial charge on any atom is 0.129 e. The Morgan fingerprint density at radius 1 is 1.38 bits per heavy atom. The van der Waals surface area contributed by atoms with Crippen molar-refractivity contribution >= 4 is 17.3 Å². The molecule has 1 aliphatic rings. The van der Waals surface area contributed by atoms with E-state index in [4.69, 9.17) is 23.2 Å². The van der Waals surface area contributed by atoms with Gasteiger partial charge in [-0.25, -0.2) is 15.2 Å². The number of benzene rings is 1. The van der Waals surface area contributed by atoms with E-state index in [2.05, 4.69) is 4.98 Å². The molecule has 0 atom stereocenters. The van der Waals surface area contributed by atoms with Crippen molar-refractivity contribution in [2.24, 2.45) is 11.6 Å². The number of nitrogens with zero attached hydrogens (tertiary/aromatic N) is 2. The van der Waals surface area contributed by atoms with Gasteiger partial charge in [0.2, 0.25) is 0 Å². The zero-order valence-electron chi connectivity index (χ0n) is 12.9. The molecule has 0 bridgehead atoms. The minimum Gasteiger partial charge on any atom is -0.403 e. The van der Waals surface area contributed by atoms with E-state index in [1.165, 1.54) is 23.3 Å². The van der Waals surface area contributed by atoms with Crippen molar-refractivity contribution in [2.45, 2.75) is 18.8 Å². The Labute approximate surface area is 144 Å². The highest BCUT2D eigenvalue weighted by Crippen LogP contribution is 2.42. The number of nitrogens with two attached hydrogens (primary N) is 2. The molecule has 1 saturated carbocycles. The molecule has 1 fully saturated rings. The maximum atomic E-state index is 13.8. The number of halogens is 2. The number of hydrogen-bond acceptors (Lipinski definition) is 5. The minimum atomic E-state index is -0.443. The zero-order valence-corrected chi connectivity index (χ0v) is 13.7. The highest BCUT2D eigenvalue weighted by Gasteiger charge is 2.26. The Kier molecular flexibility index (Phi) is 4.71. The van der Waals surface area contributed by atoms with E-state index in [9.17, 15) is 9.50 Å². The zero-order chi connectivity index (χ0) is 17.3. The van der Waals surface area contributed by atoms with Gasteiger partial charge in [0.1, 0.15) is 11.0 Å². The molecule has 7 heteroatoms. The van der Waals surface area contributed by atoms with E-state index in [0.29, 0.717) is 22.3 Å². The van der Waals surface area contributed by atoms with Crippen LogP contribution in [-0.4, -0.2) is 16.7 Å². The highest BCUT2D eigenvalue weighted by molar-refractivity contribution is 6.29. The van der Waals surface area contributed by atoms with Crippen molar-refractivity contribution in [1.29, 1.82) is 0 Å². The molecular formula is C17H18ClFN4O. The molecular weight excluding hydrogens is 331 g/mol. The fraction of sp³-hybridized carbons (Fsp3) is 0.235. The molecule has 0 aliphatic heterocycles. The van der Waals surface area contributed by atoms with Crippen LogP contribution in [0.4, 0.5) is 10.1 Å². The lowest BCUT2D eigenvalue weighted by Crippen LogP contribution is -2.33. The second kappa shape index (κ2) is 6.76. The van der Waals surface area contributed by atoms with Crippen LogP contribution in [0.5, 0.6) is 0 Å². The topological polar surface area (TPSA) is 88.4 Å². The summed E-state index contributed by atoms with van der Waals surface area (Å²) in [5, 5.41) is 10.9.